The molecule has 3 heterocycles. The zero-order valence-corrected chi connectivity index (χ0v) is 13.8. The molecule has 0 aromatic carbocycles. The van der Waals surface area contributed by atoms with E-state index in [1.165, 1.54) is 42.8 Å². The summed E-state index contributed by atoms with van der Waals surface area (Å²) in [6.07, 6.45) is 11.0. The average Bonchev–Trinajstić information content (AvgIpc) is 3.30. The second-order valence-corrected chi connectivity index (χ2v) is 6.99. The van der Waals surface area contributed by atoms with Crippen molar-refractivity contribution in [3.8, 4) is 11.4 Å². The van der Waals surface area contributed by atoms with Crippen LogP contribution < -0.4 is 4.90 Å². The Morgan fingerprint density at radius 1 is 1.04 bits per heavy atom. The standard InChI is InChI=1S/C19H22N4O/c1-3-14-15(4-1)21-18(13-7-9-20-10-8-13)22-19(14)23-11-12-24-17-6-2-5-16(17)23/h7-10,16-17H,1-6,11-12H2/t16-,17+/m1/s1. The molecule has 1 saturated carbocycles. The summed E-state index contributed by atoms with van der Waals surface area (Å²) in [7, 11) is 0. The van der Waals surface area contributed by atoms with Crippen molar-refractivity contribution < 1.29 is 4.74 Å². The van der Waals surface area contributed by atoms with Gasteiger partial charge in [-0.3, -0.25) is 4.98 Å². The summed E-state index contributed by atoms with van der Waals surface area (Å²) < 4.78 is 5.99. The molecule has 1 saturated heterocycles. The number of aryl methyl sites for hydroxylation is 1. The van der Waals surface area contributed by atoms with Crippen LogP contribution in [0, 0.1) is 0 Å². The quantitative estimate of drug-likeness (QED) is 0.851. The molecule has 0 N–H and O–H groups in total. The molecule has 124 valence electrons. The van der Waals surface area contributed by atoms with Gasteiger partial charge in [0.05, 0.1) is 18.8 Å². The summed E-state index contributed by atoms with van der Waals surface area (Å²) in [5.74, 6) is 2.01. The first kappa shape index (κ1) is 14.3. The lowest BCUT2D eigenvalue weighted by Gasteiger charge is -2.39. The van der Waals surface area contributed by atoms with E-state index in [1.54, 1.807) is 0 Å². The molecule has 5 rings (SSSR count). The Labute approximate surface area is 142 Å². The van der Waals surface area contributed by atoms with E-state index < -0.39 is 0 Å². The third-order valence-electron chi connectivity index (χ3n) is 5.60. The molecule has 0 radical (unpaired) electrons. The third-order valence-corrected chi connectivity index (χ3v) is 5.60. The van der Waals surface area contributed by atoms with Crippen molar-refractivity contribution in [2.45, 2.75) is 50.7 Å². The van der Waals surface area contributed by atoms with E-state index in [9.17, 15) is 0 Å². The molecule has 0 bridgehead atoms. The molecule has 0 unspecified atom stereocenters. The minimum atomic E-state index is 0.384. The van der Waals surface area contributed by atoms with E-state index in [0.29, 0.717) is 12.1 Å². The van der Waals surface area contributed by atoms with Gasteiger partial charge in [0.25, 0.3) is 0 Å². The maximum Gasteiger partial charge on any atom is 0.161 e. The van der Waals surface area contributed by atoms with Crippen LogP contribution in [-0.4, -0.2) is 40.2 Å². The minimum Gasteiger partial charge on any atom is -0.374 e. The van der Waals surface area contributed by atoms with Gasteiger partial charge in [-0.05, 0) is 50.7 Å². The lowest BCUT2D eigenvalue weighted by molar-refractivity contribution is 0.0252. The van der Waals surface area contributed by atoms with E-state index in [-0.39, 0.29) is 0 Å². The van der Waals surface area contributed by atoms with Gasteiger partial charge in [0.15, 0.2) is 5.82 Å². The second kappa shape index (κ2) is 5.81. The second-order valence-electron chi connectivity index (χ2n) is 6.99. The van der Waals surface area contributed by atoms with Gasteiger partial charge < -0.3 is 9.64 Å². The van der Waals surface area contributed by atoms with Crippen LogP contribution in [0.2, 0.25) is 0 Å². The number of rotatable bonds is 2. The molecule has 24 heavy (non-hydrogen) atoms. The number of pyridine rings is 1. The van der Waals surface area contributed by atoms with Crippen LogP contribution in [0.4, 0.5) is 5.82 Å². The van der Waals surface area contributed by atoms with Crippen LogP contribution in [0.5, 0.6) is 0 Å². The smallest absolute Gasteiger partial charge is 0.161 e. The molecule has 2 aromatic heterocycles. The minimum absolute atomic E-state index is 0.384. The average molecular weight is 322 g/mol. The van der Waals surface area contributed by atoms with Gasteiger partial charge >= 0.3 is 0 Å². The van der Waals surface area contributed by atoms with Gasteiger partial charge in [0.1, 0.15) is 5.82 Å². The fraction of sp³-hybridized carbons (Fsp3) is 0.526. The van der Waals surface area contributed by atoms with E-state index in [0.717, 1.165) is 37.4 Å². The van der Waals surface area contributed by atoms with E-state index in [4.69, 9.17) is 14.7 Å². The molecule has 0 amide bonds. The third kappa shape index (κ3) is 2.30. The van der Waals surface area contributed by atoms with Crippen molar-refractivity contribution in [1.82, 2.24) is 15.0 Å². The van der Waals surface area contributed by atoms with Gasteiger partial charge in [-0.2, -0.15) is 0 Å². The first-order valence-electron chi connectivity index (χ1n) is 9.08. The van der Waals surface area contributed by atoms with Crippen molar-refractivity contribution in [3.63, 3.8) is 0 Å². The lowest BCUT2D eigenvalue weighted by Crippen LogP contribution is -2.49. The van der Waals surface area contributed by atoms with Crippen molar-refractivity contribution in [2.75, 3.05) is 18.1 Å². The Morgan fingerprint density at radius 3 is 2.88 bits per heavy atom. The first-order chi connectivity index (χ1) is 11.9. The summed E-state index contributed by atoms with van der Waals surface area (Å²) in [5, 5.41) is 0. The van der Waals surface area contributed by atoms with Crippen LogP contribution in [0.25, 0.3) is 11.4 Å². The number of ether oxygens (including phenoxy) is 1. The van der Waals surface area contributed by atoms with E-state index in [1.807, 2.05) is 24.5 Å². The largest absolute Gasteiger partial charge is 0.374 e. The molecule has 2 atom stereocenters. The van der Waals surface area contributed by atoms with Gasteiger partial charge in [0, 0.05) is 35.8 Å². The summed E-state index contributed by atoms with van der Waals surface area (Å²) in [6.45, 7) is 1.75. The Balaban J connectivity index is 1.61. The van der Waals surface area contributed by atoms with Crippen LogP contribution in [-0.2, 0) is 17.6 Å². The number of hydrogen-bond donors (Lipinski definition) is 0. The fourth-order valence-corrected chi connectivity index (χ4v) is 4.47. The predicted molar refractivity (Wildman–Crippen MR) is 92.0 cm³/mol. The zero-order valence-electron chi connectivity index (χ0n) is 13.8. The zero-order chi connectivity index (χ0) is 15.9. The van der Waals surface area contributed by atoms with Crippen LogP contribution in [0.15, 0.2) is 24.5 Å². The normalized spacial score (nSPS) is 25.6. The van der Waals surface area contributed by atoms with E-state index in [2.05, 4.69) is 9.88 Å². The molecule has 2 fully saturated rings. The molecule has 2 aliphatic carbocycles. The number of fused-ring (bicyclic) bond motifs is 2. The predicted octanol–water partition coefficient (Wildman–Crippen LogP) is 2.79. The highest BCUT2D eigenvalue weighted by molar-refractivity contribution is 5.61. The molecule has 0 spiro atoms. The van der Waals surface area contributed by atoms with Crippen LogP contribution in [0.3, 0.4) is 0 Å². The summed E-state index contributed by atoms with van der Waals surface area (Å²) in [5.41, 5.74) is 3.67. The number of aromatic nitrogens is 3. The van der Waals surface area contributed by atoms with Gasteiger partial charge in [-0.15, -0.1) is 0 Å². The molecule has 2 aromatic rings. The van der Waals surface area contributed by atoms with Gasteiger partial charge in [-0.1, -0.05) is 0 Å². The highest BCUT2D eigenvalue weighted by atomic mass is 16.5. The molecule has 1 aliphatic heterocycles. The van der Waals surface area contributed by atoms with Crippen molar-refractivity contribution in [2.24, 2.45) is 0 Å². The molecule has 3 aliphatic rings. The monoisotopic (exact) mass is 322 g/mol. The van der Waals surface area contributed by atoms with Crippen molar-refractivity contribution in [3.05, 3.63) is 35.8 Å². The molecular weight excluding hydrogens is 300 g/mol. The Hall–Kier alpha value is -2.01. The number of nitrogens with zero attached hydrogens (tertiary/aromatic N) is 4. The molecule has 5 nitrogen and oxygen atoms in total. The highest BCUT2D eigenvalue weighted by Crippen LogP contribution is 2.37. The molecule has 5 heteroatoms. The topological polar surface area (TPSA) is 51.1 Å². The number of anilines is 1. The lowest BCUT2D eigenvalue weighted by atomic mass is 10.1. The van der Waals surface area contributed by atoms with Gasteiger partial charge in [-0.25, -0.2) is 9.97 Å². The summed E-state index contributed by atoms with van der Waals surface area (Å²) in [6, 6.07) is 4.49. The Bertz CT molecular complexity index is 749. The Kier molecular flexibility index (Phi) is 3.47. The van der Waals surface area contributed by atoms with Gasteiger partial charge in [0.2, 0.25) is 0 Å². The fourth-order valence-electron chi connectivity index (χ4n) is 4.47. The Morgan fingerprint density at radius 2 is 1.96 bits per heavy atom. The van der Waals surface area contributed by atoms with Crippen LogP contribution >= 0.6 is 0 Å². The maximum atomic E-state index is 5.99. The summed E-state index contributed by atoms with van der Waals surface area (Å²) in [4.78, 5) is 16.5. The SMILES string of the molecule is c1cc(-c2nc3c(c(N4CCO[C@H]5CCC[C@H]54)n2)CCC3)ccn1. The van der Waals surface area contributed by atoms with Crippen molar-refractivity contribution in [1.29, 1.82) is 0 Å². The molecular formula is C19H22N4O. The number of hydrogen-bond acceptors (Lipinski definition) is 5. The first-order valence-corrected chi connectivity index (χ1v) is 9.08. The highest BCUT2D eigenvalue weighted by Gasteiger charge is 2.38. The summed E-state index contributed by atoms with van der Waals surface area (Å²) >= 11 is 0. The van der Waals surface area contributed by atoms with Crippen molar-refractivity contribution >= 4 is 5.82 Å². The van der Waals surface area contributed by atoms with Crippen LogP contribution in [0.1, 0.15) is 36.9 Å². The maximum absolute atomic E-state index is 5.99. The van der Waals surface area contributed by atoms with E-state index >= 15 is 0 Å². The number of morpholine rings is 1.